The van der Waals surface area contributed by atoms with Crippen LogP contribution in [0.1, 0.15) is 55.6 Å². The van der Waals surface area contributed by atoms with Crippen LogP contribution in [0.3, 0.4) is 0 Å². The maximum Gasteiger partial charge on any atom is 0.134 e. The Hall–Kier alpha value is -3.84. The number of rotatable bonds is 4. The zero-order valence-electron chi connectivity index (χ0n) is 20.6. The van der Waals surface area contributed by atoms with Gasteiger partial charge in [0.25, 0.3) is 0 Å². The van der Waals surface area contributed by atoms with Gasteiger partial charge in [0.05, 0.1) is 0 Å². The van der Waals surface area contributed by atoms with Crippen LogP contribution >= 0.6 is 0 Å². The van der Waals surface area contributed by atoms with Gasteiger partial charge in [-0.05, 0) is 76.1 Å². The van der Waals surface area contributed by atoms with Gasteiger partial charge in [-0.15, -0.1) is 0 Å². The van der Waals surface area contributed by atoms with Crippen LogP contribution in [0.25, 0.3) is 56.1 Å². The van der Waals surface area contributed by atoms with Crippen LogP contribution < -0.4 is 0 Å². The summed E-state index contributed by atoms with van der Waals surface area (Å²) in [6, 6.07) is 26.5. The number of hydrogen-bond acceptors (Lipinski definition) is 1. The monoisotopic (exact) mass is 454 g/mol. The molecule has 6 rings (SSSR count). The van der Waals surface area contributed by atoms with Crippen molar-refractivity contribution in [2.75, 3.05) is 0 Å². The number of benzene rings is 4. The van der Waals surface area contributed by atoms with E-state index in [1.165, 1.54) is 55.1 Å². The van der Waals surface area contributed by atoms with E-state index in [-0.39, 0.29) is 0 Å². The number of fused-ring (bicyclic) bond motifs is 3. The highest BCUT2D eigenvalue weighted by molar-refractivity contribution is 6.10. The summed E-state index contributed by atoms with van der Waals surface area (Å²) < 4.78 is 6.32. The maximum atomic E-state index is 6.32. The first-order valence-electron chi connectivity index (χ1n) is 12.7. The summed E-state index contributed by atoms with van der Waals surface area (Å²) in [6.45, 7) is 6.47. The Morgan fingerprint density at radius 1 is 0.800 bits per heavy atom. The van der Waals surface area contributed by atoms with E-state index in [2.05, 4.69) is 118 Å². The molecule has 0 aliphatic heterocycles. The van der Waals surface area contributed by atoms with Crippen LogP contribution in [0.5, 0.6) is 0 Å². The van der Waals surface area contributed by atoms with E-state index in [0.29, 0.717) is 5.92 Å². The highest BCUT2D eigenvalue weighted by Gasteiger charge is 2.22. The fourth-order valence-corrected chi connectivity index (χ4v) is 5.69. The van der Waals surface area contributed by atoms with Crippen LogP contribution in [-0.2, 0) is 6.42 Å². The lowest BCUT2D eigenvalue weighted by Gasteiger charge is -2.23. The summed E-state index contributed by atoms with van der Waals surface area (Å²) in [6.07, 6.45) is 11.1. The van der Waals surface area contributed by atoms with E-state index in [4.69, 9.17) is 4.42 Å². The van der Waals surface area contributed by atoms with E-state index in [1.54, 1.807) is 0 Å². The molecule has 0 N–H and O–H groups in total. The summed E-state index contributed by atoms with van der Waals surface area (Å²) in [5, 5.41) is 3.82. The molecule has 4 aromatic carbocycles. The quantitative estimate of drug-likeness (QED) is 0.263. The summed E-state index contributed by atoms with van der Waals surface area (Å²) in [4.78, 5) is 0. The van der Waals surface area contributed by atoms with Gasteiger partial charge in [-0.3, -0.25) is 0 Å². The van der Waals surface area contributed by atoms with Crippen molar-refractivity contribution in [3.05, 3.63) is 107 Å². The molecule has 0 radical (unpaired) electrons. The minimum absolute atomic E-state index is 0.334. The average Bonchev–Trinajstić information content (AvgIpc) is 3.26. The molecule has 1 nitrogen and oxygen atoms in total. The van der Waals surface area contributed by atoms with E-state index in [9.17, 15) is 0 Å². The van der Waals surface area contributed by atoms with Crippen LogP contribution in [-0.4, -0.2) is 0 Å². The third-order valence-electron chi connectivity index (χ3n) is 7.17. The van der Waals surface area contributed by atoms with Gasteiger partial charge >= 0.3 is 0 Å². The van der Waals surface area contributed by atoms with Gasteiger partial charge in [0.15, 0.2) is 0 Å². The Morgan fingerprint density at radius 2 is 1.54 bits per heavy atom. The Bertz CT molecular complexity index is 1610. The predicted octanol–water partition coefficient (Wildman–Crippen LogP) is 10.0. The van der Waals surface area contributed by atoms with Crippen LogP contribution in [0.4, 0.5) is 0 Å². The second kappa shape index (κ2) is 8.74. The summed E-state index contributed by atoms with van der Waals surface area (Å²) in [5.74, 6) is 1.39. The molecule has 1 aromatic heterocycles. The lowest BCUT2D eigenvalue weighted by Crippen LogP contribution is -2.02. The van der Waals surface area contributed by atoms with Gasteiger partial charge in [0.2, 0.25) is 0 Å². The molecule has 1 aliphatic carbocycles. The van der Waals surface area contributed by atoms with Crippen molar-refractivity contribution >= 4 is 33.9 Å². The van der Waals surface area contributed by atoms with Gasteiger partial charge in [0, 0.05) is 16.9 Å². The first kappa shape index (κ1) is 21.7. The smallest absolute Gasteiger partial charge is 0.134 e. The zero-order valence-corrected chi connectivity index (χ0v) is 20.6. The third-order valence-corrected chi connectivity index (χ3v) is 7.17. The van der Waals surface area contributed by atoms with E-state index < -0.39 is 0 Å². The summed E-state index contributed by atoms with van der Waals surface area (Å²) >= 11 is 0. The molecule has 1 heteroatoms. The molecule has 0 unspecified atom stereocenters. The van der Waals surface area contributed by atoms with E-state index in [1.807, 2.05) is 0 Å². The van der Waals surface area contributed by atoms with Crippen molar-refractivity contribution in [2.45, 2.75) is 39.5 Å². The van der Waals surface area contributed by atoms with Gasteiger partial charge in [-0.2, -0.15) is 0 Å². The minimum atomic E-state index is 0.334. The van der Waals surface area contributed by atoms with Crippen LogP contribution in [0.2, 0.25) is 0 Å². The Balaban J connectivity index is 1.70. The van der Waals surface area contributed by atoms with Crippen molar-refractivity contribution in [3.63, 3.8) is 0 Å². The molecule has 35 heavy (non-hydrogen) atoms. The van der Waals surface area contributed by atoms with E-state index in [0.717, 1.165) is 24.2 Å². The number of allylic oxidation sites excluding steroid dienone is 2. The molecule has 1 aliphatic rings. The predicted molar refractivity (Wildman–Crippen MR) is 151 cm³/mol. The molecule has 1 heterocycles. The highest BCUT2D eigenvalue weighted by atomic mass is 16.3. The van der Waals surface area contributed by atoms with Gasteiger partial charge in [-0.1, -0.05) is 98.8 Å². The lowest BCUT2D eigenvalue weighted by molar-refractivity contribution is 0.520. The molecule has 172 valence electrons. The molecule has 0 amide bonds. The number of furan rings is 1. The lowest BCUT2D eigenvalue weighted by atomic mass is 9.80. The first-order valence-corrected chi connectivity index (χ1v) is 12.7. The minimum Gasteiger partial charge on any atom is -0.460 e. The molecule has 0 saturated carbocycles. The van der Waals surface area contributed by atoms with Crippen LogP contribution in [0, 0.1) is 0 Å². The van der Waals surface area contributed by atoms with Gasteiger partial charge < -0.3 is 4.42 Å². The van der Waals surface area contributed by atoms with Crippen molar-refractivity contribution in [1.29, 1.82) is 0 Å². The van der Waals surface area contributed by atoms with Gasteiger partial charge in [-0.25, -0.2) is 0 Å². The molecule has 5 aromatic rings. The van der Waals surface area contributed by atoms with Crippen molar-refractivity contribution < 1.29 is 4.42 Å². The van der Waals surface area contributed by atoms with Crippen molar-refractivity contribution in [2.24, 2.45) is 0 Å². The Labute approximate surface area is 207 Å². The molecule has 0 atom stereocenters. The molecular weight excluding hydrogens is 424 g/mol. The standard InChI is InChI=1S/C34H30O/c1-4-12-29-30-21-24(19-20-31(30)35-34(29)22(2)3)33-27-17-10-8-15-25(27)32(23-13-6-5-7-14-23)26-16-9-11-18-28(26)33/h4-10,12-17,19-22H,11,18H2,1-3H3/b12-4-. The fraction of sp³-hybridized carbons (Fsp3) is 0.176. The number of hydrogen-bond donors (Lipinski definition) is 0. The van der Waals surface area contributed by atoms with Crippen molar-refractivity contribution in [1.82, 2.24) is 0 Å². The van der Waals surface area contributed by atoms with E-state index >= 15 is 0 Å². The molecular formula is C34H30O. The Kier molecular flexibility index (Phi) is 5.41. The first-order chi connectivity index (χ1) is 17.2. The topological polar surface area (TPSA) is 13.1 Å². The fourth-order valence-electron chi connectivity index (χ4n) is 5.69. The SMILES string of the molecule is C/C=C\c1c(C(C)C)oc2ccc(-c3c4c(c(-c5ccccc5)c5ccccc35)C=CCC4)cc12. The van der Waals surface area contributed by atoms with Crippen molar-refractivity contribution in [3.8, 4) is 22.3 Å². The second-order valence-electron chi connectivity index (χ2n) is 9.74. The maximum absolute atomic E-state index is 6.32. The zero-order chi connectivity index (χ0) is 23.9. The summed E-state index contributed by atoms with van der Waals surface area (Å²) in [5.41, 5.74) is 10.2. The largest absolute Gasteiger partial charge is 0.460 e. The molecule has 0 saturated heterocycles. The molecule has 0 spiro atoms. The highest BCUT2D eigenvalue weighted by Crippen LogP contribution is 2.45. The molecule has 0 bridgehead atoms. The third kappa shape index (κ3) is 3.54. The Morgan fingerprint density at radius 3 is 2.29 bits per heavy atom. The van der Waals surface area contributed by atoms with Crippen LogP contribution in [0.15, 0.2) is 89.4 Å². The molecule has 0 fully saturated rings. The second-order valence-corrected chi connectivity index (χ2v) is 9.74. The normalized spacial score (nSPS) is 13.4. The van der Waals surface area contributed by atoms with Gasteiger partial charge in [0.1, 0.15) is 11.3 Å². The average molecular weight is 455 g/mol. The summed E-state index contributed by atoms with van der Waals surface area (Å²) in [7, 11) is 0.